The minimum absolute atomic E-state index is 0.870. The Labute approximate surface area is 133 Å². The van der Waals surface area contributed by atoms with Crippen molar-refractivity contribution in [1.82, 2.24) is 0 Å². The lowest BCUT2D eigenvalue weighted by Gasteiger charge is -2.15. The van der Waals surface area contributed by atoms with Crippen LogP contribution in [0.5, 0.6) is 0 Å². The number of ether oxygens (including phenoxy) is 1. The van der Waals surface area contributed by atoms with Crippen LogP contribution in [0.15, 0.2) is 11.3 Å². The highest BCUT2D eigenvalue weighted by Gasteiger charge is 2.18. The van der Waals surface area contributed by atoms with Gasteiger partial charge in [-0.1, -0.05) is 72.6 Å². The van der Waals surface area contributed by atoms with Crippen LogP contribution in [0.1, 0.15) is 92.4 Å². The van der Waals surface area contributed by atoms with Crippen molar-refractivity contribution >= 4 is 0 Å². The molecule has 0 saturated carbocycles. The van der Waals surface area contributed by atoms with Crippen LogP contribution in [-0.4, -0.2) is 0 Å². The predicted molar refractivity (Wildman–Crippen MR) is 92.8 cm³/mol. The van der Waals surface area contributed by atoms with Crippen LogP contribution in [0.4, 0.5) is 0 Å². The lowest BCUT2D eigenvalue weighted by Crippen LogP contribution is -2.00. The molecule has 1 fully saturated rings. The lowest BCUT2D eigenvalue weighted by molar-refractivity contribution is 0.389. The summed E-state index contributed by atoms with van der Waals surface area (Å²) in [5, 5.41) is 0. The van der Waals surface area contributed by atoms with Gasteiger partial charge in [0.05, 0.1) is 0 Å². The number of allylic oxidation sites excluding steroid dienone is 1. The summed E-state index contributed by atoms with van der Waals surface area (Å²) in [6.07, 6.45) is 12.4. The summed E-state index contributed by atoms with van der Waals surface area (Å²) in [5.41, 5.74) is 1.43. The molecule has 21 heavy (non-hydrogen) atoms. The van der Waals surface area contributed by atoms with Gasteiger partial charge in [0.25, 0.3) is 0 Å². The molecule has 1 nitrogen and oxygen atoms in total. The van der Waals surface area contributed by atoms with E-state index in [4.69, 9.17) is 4.74 Å². The zero-order valence-electron chi connectivity index (χ0n) is 15.1. The zero-order chi connectivity index (χ0) is 15.7. The molecular formula is C20H37O. The molecule has 1 saturated heterocycles. The van der Waals surface area contributed by atoms with E-state index in [1.807, 2.05) is 6.61 Å². The van der Waals surface area contributed by atoms with Gasteiger partial charge in [-0.25, -0.2) is 0 Å². The molecule has 0 spiro atoms. The van der Waals surface area contributed by atoms with E-state index >= 15 is 0 Å². The highest BCUT2D eigenvalue weighted by molar-refractivity contribution is 5.21. The Morgan fingerprint density at radius 3 is 1.81 bits per heavy atom. The largest absolute Gasteiger partial charge is 0.478 e. The highest BCUT2D eigenvalue weighted by Crippen LogP contribution is 2.29. The first-order valence-electron chi connectivity index (χ1n) is 9.18. The molecule has 2 unspecified atom stereocenters. The van der Waals surface area contributed by atoms with E-state index in [2.05, 4.69) is 34.6 Å². The Bertz CT molecular complexity index is 297. The van der Waals surface area contributed by atoms with Crippen molar-refractivity contribution < 1.29 is 4.74 Å². The molecule has 0 bridgehead atoms. The van der Waals surface area contributed by atoms with Crippen LogP contribution in [0.3, 0.4) is 0 Å². The molecule has 0 aromatic rings. The average Bonchev–Trinajstić information content (AvgIpc) is 3.22. The Morgan fingerprint density at radius 2 is 1.33 bits per heavy atom. The fourth-order valence-electron chi connectivity index (χ4n) is 3.05. The standard InChI is InChI=1S/C20H37O/c1-16(2)9-6-10-17(3)11-7-12-18(4)13-8-14-19(5)20-15-21-20/h15-18H,6-14H2,1-5H3. The molecule has 1 aliphatic rings. The van der Waals surface area contributed by atoms with E-state index in [0.717, 1.165) is 23.5 Å². The van der Waals surface area contributed by atoms with Gasteiger partial charge in [0.15, 0.2) is 6.61 Å². The lowest BCUT2D eigenvalue weighted by atomic mass is 9.91. The van der Waals surface area contributed by atoms with Gasteiger partial charge in [-0.2, -0.15) is 0 Å². The molecule has 123 valence electrons. The van der Waals surface area contributed by atoms with Crippen molar-refractivity contribution in [2.24, 2.45) is 17.8 Å². The minimum atomic E-state index is 0.870. The third-order valence-corrected chi connectivity index (χ3v) is 4.78. The predicted octanol–water partition coefficient (Wildman–Crippen LogP) is 6.89. The molecule has 1 radical (unpaired) electrons. The average molecular weight is 294 g/mol. The Morgan fingerprint density at radius 1 is 0.857 bits per heavy atom. The zero-order valence-corrected chi connectivity index (χ0v) is 15.1. The maximum atomic E-state index is 5.12. The van der Waals surface area contributed by atoms with Gasteiger partial charge in [0.1, 0.15) is 5.76 Å². The van der Waals surface area contributed by atoms with Crippen LogP contribution in [0, 0.1) is 24.4 Å². The van der Waals surface area contributed by atoms with Crippen molar-refractivity contribution in [2.45, 2.75) is 92.4 Å². The van der Waals surface area contributed by atoms with E-state index < -0.39 is 0 Å². The monoisotopic (exact) mass is 293 g/mol. The van der Waals surface area contributed by atoms with Gasteiger partial charge in [-0.15, -0.1) is 0 Å². The van der Waals surface area contributed by atoms with Gasteiger partial charge in [-0.05, 0) is 43.1 Å². The van der Waals surface area contributed by atoms with Crippen LogP contribution in [0.25, 0.3) is 0 Å². The summed E-state index contributed by atoms with van der Waals surface area (Å²) in [5.74, 6) is 3.81. The molecule has 2 atom stereocenters. The van der Waals surface area contributed by atoms with E-state index in [9.17, 15) is 0 Å². The van der Waals surface area contributed by atoms with Crippen molar-refractivity contribution in [2.75, 3.05) is 0 Å². The van der Waals surface area contributed by atoms with E-state index in [1.54, 1.807) is 0 Å². The Hall–Kier alpha value is -0.460. The molecule has 0 amide bonds. The van der Waals surface area contributed by atoms with Gasteiger partial charge in [0, 0.05) is 0 Å². The molecule has 1 aliphatic heterocycles. The van der Waals surface area contributed by atoms with Crippen molar-refractivity contribution in [3.8, 4) is 0 Å². The third-order valence-electron chi connectivity index (χ3n) is 4.78. The molecule has 1 heteroatoms. The van der Waals surface area contributed by atoms with E-state index in [1.165, 1.54) is 63.4 Å². The normalized spacial score (nSPS) is 19.3. The third kappa shape index (κ3) is 9.98. The summed E-state index contributed by atoms with van der Waals surface area (Å²) >= 11 is 0. The second-order valence-corrected chi connectivity index (χ2v) is 7.74. The van der Waals surface area contributed by atoms with Gasteiger partial charge < -0.3 is 4.74 Å². The Balaban J connectivity index is 1.94. The summed E-state index contributed by atoms with van der Waals surface area (Å²) in [7, 11) is 0. The number of rotatable bonds is 12. The van der Waals surface area contributed by atoms with Crippen molar-refractivity contribution in [1.29, 1.82) is 0 Å². The van der Waals surface area contributed by atoms with Gasteiger partial charge in [-0.3, -0.25) is 0 Å². The summed E-state index contributed by atoms with van der Waals surface area (Å²) in [6, 6.07) is 0. The SMILES string of the molecule is CC(CCCC(C)CCCC(C)CCCC(C)C)=C1[CH]O1. The van der Waals surface area contributed by atoms with Crippen molar-refractivity contribution in [3.05, 3.63) is 17.9 Å². The second kappa shape index (κ2) is 10.3. The van der Waals surface area contributed by atoms with Crippen LogP contribution < -0.4 is 0 Å². The van der Waals surface area contributed by atoms with Crippen LogP contribution in [0.2, 0.25) is 0 Å². The first-order chi connectivity index (χ1) is 9.99. The van der Waals surface area contributed by atoms with E-state index in [-0.39, 0.29) is 0 Å². The van der Waals surface area contributed by atoms with Gasteiger partial charge >= 0.3 is 0 Å². The topological polar surface area (TPSA) is 12.5 Å². The molecule has 0 N–H and O–H groups in total. The fraction of sp³-hybridized carbons (Fsp3) is 0.850. The smallest absolute Gasteiger partial charge is 0.199 e. The minimum Gasteiger partial charge on any atom is -0.478 e. The van der Waals surface area contributed by atoms with Crippen LogP contribution in [-0.2, 0) is 4.74 Å². The first-order valence-corrected chi connectivity index (χ1v) is 9.18. The molecule has 0 aliphatic carbocycles. The Kier molecular flexibility index (Phi) is 9.11. The van der Waals surface area contributed by atoms with Crippen LogP contribution >= 0.6 is 0 Å². The molecule has 1 heterocycles. The van der Waals surface area contributed by atoms with E-state index in [0.29, 0.717) is 0 Å². The molecule has 0 aromatic carbocycles. The number of hydrogen-bond acceptors (Lipinski definition) is 1. The first kappa shape index (κ1) is 18.6. The molecule has 0 aromatic heterocycles. The highest BCUT2D eigenvalue weighted by atomic mass is 16.6. The quantitative estimate of drug-likeness (QED) is 0.357. The molecule has 1 rings (SSSR count). The maximum Gasteiger partial charge on any atom is 0.199 e. The molecular weight excluding hydrogens is 256 g/mol. The maximum absolute atomic E-state index is 5.12. The number of hydrogen-bond donors (Lipinski definition) is 0. The second-order valence-electron chi connectivity index (χ2n) is 7.74. The van der Waals surface area contributed by atoms with Crippen molar-refractivity contribution in [3.63, 3.8) is 0 Å². The summed E-state index contributed by atoms with van der Waals surface area (Å²) in [4.78, 5) is 0. The summed E-state index contributed by atoms with van der Waals surface area (Å²) in [6.45, 7) is 13.6. The van der Waals surface area contributed by atoms with Gasteiger partial charge in [0.2, 0.25) is 0 Å². The fourth-order valence-corrected chi connectivity index (χ4v) is 3.05. The summed E-state index contributed by atoms with van der Waals surface area (Å²) < 4.78 is 5.12. The number of epoxide rings is 1.